The molecule has 0 aliphatic carbocycles. The molecule has 0 fully saturated rings. The van der Waals surface area contributed by atoms with Crippen LogP contribution in [0.5, 0.6) is 0 Å². The Bertz CT molecular complexity index is 1360. The van der Waals surface area contributed by atoms with Crippen molar-refractivity contribution in [3.05, 3.63) is 81.7 Å². The van der Waals surface area contributed by atoms with E-state index < -0.39 is 5.91 Å². The molecule has 3 heterocycles. The second-order valence-corrected chi connectivity index (χ2v) is 7.83. The van der Waals surface area contributed by atoms with E-state index in [1.165, 1.54) is 17.7 Å². The lowest BCUT2D eigenvalue weighted by atomic mass is 10.0. The maximum absolute atomic E-state index is 13.1. The van der Waals surface area contributed by atoms with Crippen molar-refractivity contribution in [3.63, 3.8) is 0 Å². The summed E-state index contributed by atoms with van der Waals surface area (Å²) in [5.41, 5.74) is 6.02. The predicted molar refractivity (Wildman–Crippen MR) is 116 cm³/mol. The summed E-state index contributed by atoms with van der Waals surface area (Å²) in [5, 5.41) is 5.16. The molecule has 1 aliphatic heterocycles. The third-order valence-corrected chi connectivity index (χ3v) is 5.95. The van der Waals surface area contributed by atoms with Gasteiger partial charge in [0.15, 0.2) is 0 Å². The normalized spacial score (nSPS) is 13.0. The molecule has 0 radical (unpaired) electrons. The van der Waals surface area contributed by atoms with Crippen LogP contribution in [0.4, 0.5) is 5.69 Å². The summed E-state index contributed by atoms with van der Waals surface area (Å²) >= 11 is 1.39. The number of nitrogens with one attached hydrogen (secondary N) is 2. The van der Waals surface area contributed by atoms with Crippen molar-refractivity contribution in [1.29, 1.82) is 0 Å². The van der Waals surface area contributed by atoms with Crippen LogP contribution in [-0.2, 0) is 11.2 Å². The molecule has 2 aromatic carbocycles. The Labute approximate surface area is 175 Å². The first kappa shape index (κ1) is 18.3. The van der Waals surface area contributed by atoms with E-state index in [-0.39, 0.29) is 11.5 Å². The lowest BCUT2D eigenvalue weighted by molar-refractivity contribution is -0.116. The molecule has 1 aliphatic rings. The lowest BCUT2D eigenvalue weighted by Gasteiger charge is -2.17. The molecule has 2 amide bonds. The van der Waals surface area contributed by atoms with Gasteiger partial charge in [-0.15, -0.1) is 11.3 Å². The standard InChI is InChI=1S/C22H16N4O3S/c27-18-9-7-14-10-15(6-8-17(14)24-18)20(28)25-26-12-23-21-19(22(26)29)16(11-30-21)13-4-2-1-3-5-13/h1-6,8,10-12H,7,9H2,(H,24,27)(H,25,28). The fourth-order valence-corrected chi connectivity index (χ4v) is 4.45. The van der Waals surface area contributed by atoms with E-state index in [0.717, 1.165) is 21.4 Å². The monoisotopic (exact) mass is 416 g/mol. The van der Waals surface area contributed by atoms with Gasteiger partial charge in [-0.05, 0) is 35.7 Å². The quantitative estimate of drug-likeness (QED) is 0.535. The van der Waals surface area contributed by atoms with Gasteiger partial charge in [0.1, 0.15) is 11.2 Å². The molecule has 2 N–H and O–H groups in total. The highest BCUT2D eigenvalue weighted by atomic mass is 32.1. The zero-order chi connectivity index (χ0) is 20.7. The smallest absolute Gasteiger partial charge is 0.281 e. The summed E-state index contributed by atoms with van der Waals surface area (Å²) in [4.78, 5) is 42.3. The third kappa shape index (κ3) is 3.17. The molecular weight excluding hydrogens is 400 g/mol. The van der Waals surface area contributed by atoms with Gasteiger partial charge in [-0.25, -0.2) is 9.66 Å². The van der Waals surface area contributed by atoms with Crippen LogP contribution in [0.25, 0.3) is 21.3 Å². The van der Waals surface area contributed by atoms with Gasteiger partial charge in [0.2, 0.25) is 5.91 Å². The van der Waals surface area contributed by atoms with E-state index in [4.69, 9.17) is 0 Å². The van der Waals surface area contributed by atoms with E-state index in [1.807, 2.05) is 35.7 Å². The topological polar surface area (TPSA) is 93.1 Å². The first-order chi connectivity index (χ1) is 14.6. The van der Waals surface area contributed by atoms with Gasteiger partial charge in [0.25, 0.3) is 11.5 Å². The van der Waals surface area contributed by atoms with Gasteiger partial charge >= 0.3 is 0 Å². The van der Waals surface area contributed by atoms with E-state index in [0.29, 0.717) is 34.3 Å². The number of aryl methyl sites for hydroxylation is 1. The number of amides is 2. The van der Waals surface area contributed by atoms with Crippen molar-refractivity contribution in [1.82, 2.24) is 9.66 Å². The molecule has 7 nitrogen and oxygen atoms in total. The van der Waals surface area contributed by atoms with E-state index in [1.54, 1.807) is 18.2 Å². The van der Waals surface area contributed by atoms with Crippen LogP contribution in [0.2, 0.25) is 0 Å². The fraction of sp³-hybridized carbons (Fsp3) is 0.0909. The fourth-order valence-electron chi connectivity index (χ4n) is 3.54. The second kappa shape index (κ2) is 7.23. The minimum atomic E-state index is -0.422. The lowest BCUT2D eigenvalue weighted by Crippen LogP contribution is -2.33. The minimum absolute atomic E-state index is 0.0318. The number of hydrogen-bond donors (Lipinski definition) is 2. The summed E-state index contributed by atoms with van der Waals surface area (Å²) in [6.07, 6.45) is 2.29. The number of carbonyl (C=O) groups is 2. The van der Waals surface area contributed by atoms with Crippen molar-refractivity contribution in [3.8, 4) is 11.1 Å². The summed E-state index contributed by atoms with van der Waals surface area (Å²) in [6, 6.07) is 14.7. The van der Waals surface area contributed by atoms with Crippen LogP contribution in [0.3, 0.4) is 0 Å². The first-order valence-corrected chi connectivity index (χ1v) is 10.3. The Morgan fingerprint density at radius 1 is 1.10 bits per heavy atom. The van der Waals surface area contributed by atoms with Crippen molar-refractivity contribution in [2.75, 3.05) is 10.7 Å². The number of aromatic nitrogens is 2. The molecule has 30 heavy (non-hydrogen) atoms. The number of rotatable bonds is 3. The molecule has 0 bridgehead atoms. The van der Waals surface area contributed by atoms with Gasteiger partial charge in [0.05, 0.1) is 5.39 Å². The van der Waals surface area contributed by atoms with Crippen LogP contribution < -0.4 is 16.3 Å². The molecule has 0 saturated carbocycles. The number of thiophene rings is 1. The van der Waals surface area contributed by atoms with Crippen molar-refractivity contribution in [2.24, 2.45) is 0 Å². The Balaban J connectivity index is 1.49. The number of anilines is 1. The van der Waals surface area contributed by atoms with Gasteiger partial charge in [-0.2, -0.15) is 0 Å². The average Bonchev–Trinajstić information content (AvgIpc) is 3.21. The maximum atomic E-state index is 13.1. The van der Waals surface area contributed by atoms with Crippen molar-refractivity contribution < 1.29 is 9.59 Å². The summed E-state index contributed by atoms with van der Waals surface area (Å²) in [5.74, 6) is -0.454. The highest BCUT2D eigenvalue weighted by Gasteiger charge is 2.18. The molecule has 0 atom stereocenters. The molecule has 148 valence electrons. The summed E-state index contributed by atoms with van der Waals surface area (Å²) in [7, 11) is 0. The molecule has 8 heteroatoms. The molecule has 2 aromatic heterocycles. The molecule has 5 rings (SSSR count). The average molecular weight is 416 g/mol. The van der Waals surface area contributed by atoms with Gasteiger partial charge in [-0.1, -0.05) is 30.3 Å². The number of nitrogens with zero attached hydrogens (tertiary/aromatic N) is 2. The zero-order valence-corrected chi connectivity index (χ0v) is 16.5. The van der Waals surface area contributed by atoms with Crippen LogP contribution >= 0.6 is 11.3 Å². The van der Waals surface area contributed by atoms with Crippen molar-refractivity contribution >= 4 is 39.1 Å². The van der Waals surface area contributed by atoms with Gasteiger partial charge in [0, 0.05) is 28.6 Å². The number of carbonyl (C=O) groups excluding carboxylic acids is 2. The van der Waals surface area contributed by atoms with E-state index in [2.05, 4.69) is 15.7 Å². The van der Waals surface area contributed by atoms with Gasteiger partial charge < -0.3 is 5.32 Å². The van der Waals surface area contributed by atoms with Crippen molar-refractivity contribution in [2.45, 2.75) is 12.8 Å². The van der Waals surface area contributed by atoms with Gasteiger partial charge in [-0.3, -0.25) is 19.8 Å². The van der Waals surface area contributed by atoms with Crippen LogP contribution in [0, 0.1) is 0 Å². The van der Waals surface area contributed by atoms with Crippen LogP contribution in [0.15, 0.2) is 65.0 Å². The Kier molecular flexibility index (Phi) is 4.40. The Morgan fingerprint density at radius 3 is 2.77 bits per heavy atom. The second-order valence-electron chi connectivity index (χ2n) is 6.98. The molecule has 0 saturated heterocycles. The zero-order valence-electron chi connectivity index (χ0n) is 15.7. The number of fused-ring (bicyclic) bond motifs is 2. The van der Waals surface area contributed by atoms with E-state index >= 15 is 0 Å². The highest BCUT2D eigenvalue weighted by Crippen LogP contribution is 2.30. The number of benzene rings is 2. The maximum Gasteiger partial charge on any atom is 0.281 e. The summed E-state index contributed by atoms with van der Waals surface area (Å²) < 4.78 is 1.12. The predicted octanol–water partition coefficient (Wildman–Crippen LogP) is 3.39. The molecule has 0 spiro atoms. The molecule has 0 unspecified atom stereocenters. The van der Waals surface area contributed by atoms with Crippen LogP contribution in [-0.4, -0.2) is 21.5 Å². The SMILES string of the molecule is O=C1CCc2cc(C(=O)Nn3cnc4scc(-c5ccccc5)c4c3=O)ccc2N1. The van der Waals surface area contributed by atoms with E-state index in [9.17, 15) is 14.4 Å². The third-order valence-electron chi connectivity index (χ3n) is 5.06. The number of hydrogen-bond acceptors (Lipinski definition) is 5. The minimum Gasteiger partial charge on any atom is -0.326 e. The highest BCUT2D eigenvalue weighted by molar-refractivity contribution is 7.17. The molecular formula is C22H16N4O3S. The Morgan fingerprint density at radius 2 is 1.93 bits per heavy atom. The first-order valence-electron chi connectivity index (χ1n) is 9.38. The van der Waals surface area contributed by atoms with Crippen LogP contribution in [0.1, 0.15) is 22.3 Å². The largest absolute Gasteiger partial charge is 0.326 e. The molecule has 4 aromatic rings. The Hall–Kier alpha value is -3.78. The summed E-state index contributed by atoms with van der Waals surface area (Å²) in [6.45, 7) is 0.